The lowest BCUT2D eigenvalue weighted by molar-refractivity contribution is -0.113. The smallest absolute Gasteiger partial charge is 0.270 e. The van der Waals surface area contributed by atoms with Crippen LogP contribution in [0.15, 0.2) is 71.6 Å². The maximum absolute atomic E-state index is 13.1. The molecule has 3 aromatic carbocycles. The van der Waals surface area contributed by atoms with Gasteiger partial charge in [0.2, 0.25) is 0 Å². The van der Waals surface area contributed by atoms with Gasteiger partial charge in [-0.15, -0.1) is 0 Å². The number of para-hydroxylation sites is 1. The minimum atomic E-state index is -0.0875. The summed E-state index contributed by atoms with van der Waals surface area (Å²) >= 11 is 12.8. The Hall–Kier alpha value is -2.60. The molecule has 31 heavy (non-hydrogen) atoms. The number of thiocarbonyl (C=S) groups is 1. The fourth-order valence-electron chi connectivity index (χ4n) is 3.38. The van der Waals surface area contributed by atoms with E-state index in [4.69, 9.17) is 28.6 Å². The van der Waals surface area contributed by atoms with Gasteiger partial charge < -0.3 is 4.74 Å². The van der Waals surface area contributed by atoms with E-state index in [1.807, 2.05) is 86.7 Å². The Morgan fingerprint density at radius 3 is 2.29 bits per heavy atom. The molecule has 0 spiro atoms. The summed E-state index contributed by atoms with van der Waals surface area (Å²) in [5.41, 5.74) is 4.89. The van der Waals surface area contributed by atoms with Gasteiger partial charge in [0.1, 0.15) is 12.4 Å². The summed E-state index contributed by atoms with van der Waals surface area (Å²) in [5, 5.41) is 0.705. The van der Waals surface area contributed by atoms with Crippen LogP contribution < -0.4 is 9.64 Å². The third-order valence-electron chi connectivity index (χ3n) is 4.95. The van der Waals surface area contributed by atoms with Crippen LogP contribution >= 0.6 is 35.6 Å². The van der Waals surface area contributed by atoms with Crippen molar-refractivity contribution >= 4 is 57.6 Å². The molecule has 0 unspecified atom stereocenters. The number of nitrogens with zero attached hydrogens (tertiary/aromatic N) is 1. The second-order valence-corrected chi connectivity index (χ2v) is 9.35. The van der Waals surface area contributed by atoms with E-state index in [0.29, 0.717) is 20.9 Å². The van der Waals surface area contributed by atoms with Crippen molar-refractivity contribution < 1.29 is 9.53 Å². The molecule has 1 aliphatic heterocycles. The molecule has 0 atom stereocenters. The number of hydrogen-bond acceptors (Lipinski definition) is 4. The van der Waals surface area contributed by atoms with Gasteiger partial charge in [-0.25, -0.2) is 0 Å². The quantitative estimate of drug-likeness (QED) is 0.301. The van der Waals surface area contributed by atoms with Gasteiger partial charge in [0, 0.05) is 5.02 Å². The molecule has 0 bridgehead atoms. The van der Waals surface area contributed by atoms with E-state index in [-0.39, 0.29) is 5.91 Å². The van der Waals surface area contributed by atoms with Crippen molar-refractivity contribution in [2.75, 3.05) is 4.90 Å². The molecule has 1 heterocycles. The number of rotatable bonds is 5. The van der Waals surface area contributed by atoms with Crippen molar-refractivity contribution in [1.29, 1.82) is 0 Å². The maximum atomic E-state index is 13.1. The zero-order valence-electron chi connectivity index (χ0n) is 17.1. The normalized spacial score (nSPS) is 15.1. The SMILES string of the molecule is Cc1cccc(C)c1N1C(=O)/C(=C/c2ccc(OCc3ccc(Cl)cc3)cc2)SC1=S. The van der Waals surface area contributed by atoms with Crippen LogP contribution in [0.5, 0.6) is 5.75 Å². The number of amides is 1. The van der Waals surface area contributed by atoms with Crippen LogP contribution in [0.1, 0.15) is 22.3 Å². The molecular weight excluding hydrogens is 446 g/mol. The van der Waals surface area contributed by atoms with Gasteiger partial charge in [0.15, 0.2) is 4.32 Å². The molecule has 0 N–H and O–H groups in total. The Balaban J connectivity index is 1.48. The molecule has 0 saturated carbocycles. The van der Waals surface area contributed by atoms with Gasteiger partial charge in [-0.2, -0.15) is 0 Å². The molecule has 1 aliphatic rings. The lowest BCUT2D eigenvalue weighted by Gasteiger charge is -2.19. The predicted octanol–water partition coefficient (Wildman–Crippen LogP) is 6.94. The highest BCUT2D eigenvalue weighted by Crippen LogP contribution is 2.38. The van der Waals surface area contributed by atoms with Gasteiger partial charge in [-0.05, 0) is 66.4 Å². The van der Waals surface area contributed by atoms with Crippen LogP contribution in [0.4, 0.5) is 5.69 Å². The maximum Gasteiger partial charge on any atom is 0.270 e. The summed E-state index contributed by atoms with van der Waals surface area (Å²) < 4.78 is 6.38. The molecule has 0 aromatic heterocycles. The van der Waals surface area contributed by atoms with E-state index in [1.54, 1.807) is 4.90 Å². The monoisotopic (exact) mass is 465 g/mol. The van der Waals surface area contributed by atoms with Crippen LogP contribution in [-0.2, 0) is 11.4 Å². The average molecular weight is 466 g/mol. The molecule has 0 aliphatic carbocycles. The van der Waals surface area contributed by atoms with E-state index in [1.165, 1.54) is 11.8 Å². The summed E-state index contributed by atoms with van der Waals surface area (Å²) in [6.45, 7) is 4.45. The summed E-state index contributed by atoms with van der Waals surface area (Å²) in [6.07, 6.45) is 1.87. The van der Waals surface area contributed by atoms with E-state index >= 15 is 0 Å². The van der Waals surface area contributed by atoms with Crippen molar-refractivity contribution in [3.63, 3.8) is 0 Å². The molecular formula is C25H20ClNO2S2. The number of thioether (sulfide) groups is 1. The molecule has 1 saturated heterocycles. The largest absolute Gasteiger partial charge is 0.489 e. The standard InChI is InChI=1S/C25H20ClNO2S2/c1-16-4-3-5-17(2)23(16)27-24(28)22(31-25(27)30)14-18-8-12-21(13-9-18)29-15-19-6-10-20(26)11-7-19/h3-14H,15H2,1-2H3/b22-14-. The highest BCUT2D eigenvalue weighted by Gasteiger charge is 2.34. The van der Waals surface area contributed by atoms with E-state index in [9.17, 15) is 4.79 Å². The number of anilines is 1. The Morgan fingerprint density at radius 1 is 1.00 bits per heavy atom. The van der Waals surface area contributed by atoms with Gasteiger partial charge >= 0.3 is 0 Å². The molecule has 1 fully saturated rings. The van der Waals surface area contributed by atoms with E-state index < -0.39 is 0 Å². The Morgan fingerprint density at radius 2 is 1.65 bits per heavy atom. The third-order valence-corrected chi connectivity index (χ3v) is 6.51. The average Bonchev–Trinajstić information content (AvgIpc) is 3.02. The number of hydrogen-bond donors (Lipinski definition) is 0. The summed E-state index contributed by atoms with van der Waals surface area (Å²) in [6, 6.07) is 21.2. The van der Waals surface area contributed by atoms with Crippen molar-refractivity contribution in [3.8, 4) is 5.75 Å². The summed E-state index contributed by atoms with van der Waals surface area (Å²) in [4.78, 5) is 15.3. The first kappa shape index (κ1) is 21.6. The first-order valence-electron chi connectivity index (χ1n) is 9.74. The zero-order valence-corrected chi connectivity index (χ0v) is 19.5. The molecule has 1 amide bonds. The lowest BCUT2D eigenvalue weighted by Crippen LogP contribution is -2.29. The number of halogens is 1. The van der Waals surface area contributed by atoms with E-state index in [0.717, 1.165) is 33.7 Å². The Labute approximate surface area is 196 Å². The van der Waals surface area contributed by atoms with Crippen molar-refractivity contribution in [1.82, 2.24) is 0 Å². The van der Waals surface area contributed by atoms with Crippen molar-refractivity contribution in [2.24, 2.45) is 0 Å². The highest BCUT2D eigenvalue weighted by molar-refractivity contribution is 8.27. The topological polar surface area (TPSA) is 29.5 Å². The number of benzene rings is 3. The number of carbonyl (C=O) groups excluding carboxylic acids is 1. The summed E-state index contributed by atoms with van der Waals surface area (Å²) in [5.74, 6) is 0.672. The number of aryl methyl sites for hydroxylation is 2. The van der Waals surface area contributed by atoms with Crippen LogP contribution in [0, 0.1) is 13.8 Å². The second-order valence-electron chi connectivity index (χ2n) is 7.24. The van der Waals surface area contributed by atoms with Crippen molar-refractivity contribution in [3.05, 3.63) is 98.9 Å². The van der Waals surface area contributed by atoms with Gasteiger partial charge in [0.25, 0.3) is 5.91 Å². The fourth-order valence-corrected chi connectivity index (χ4v) is 4.77. The first-order valence-corrected chi connectivity index (χ1v) is 11.3. The number of ether oxygens (including phenoxy) is 1. The van der Waals surface area contributed by atoms with Crippen LogP contribution in [0.25, 0.3) is 6.08 Å². The van der Waals surface area contributed by atoms with Gasteiger partial charge in [0.05, 0.1) is 10.6 Å². The molecule has 3 aromatic rings. The summed E-state index contributed by atoms with van der Waals surface area (Å²) in [7, 11) is 0. The molecule has 3 nitrogen and oxygen atoms in total. The lowest BCUT2D eigenvalue weighted by atomic mass is 10.1. The van der Waals surface area contributed by atoms with E-state index in [2.05, 4.69) is 0 Å². The fraction of sp³-hybridized carbons (Fsp3) is 0.120. The Kier molecular flexibility index (Phi) is 6.46. The van der Waals surface area contributed by atoms with Crippen LogP contribution in [0.2, 0.25) is 5.02 Å². The minimum absolute atomic E-state index is 0.0875. The minimum Gasteiger partial charge on any atom is -0.489 e. The third kappa shape index (κ3) is 4.85. The molecule has 156 valence electrons. The molecule has 0 radical (unpaired) electrons. The zero-order chi connectivity index (χ0) is 22.0. The van der Waals surface area contributed by atoms with Crippen LogP contribution in [-0.4, -0.2) is 10.2 Å². The second kappa shape index (κ2) is 9.27. The Bertz CT molecular complexity index is 1150. The predicted molar refractivity (Wildman–Crippen MR) is 134 cm³/mol. The van der Waals surface area contributed by atoms with Gasteiger partial charge in [-0.3, -0.25) is 9.69 Å². The van der Waals surface area contributed by atoms with Gasteiger partial charge in [-0.1, -0.05) is 78.0 Å². The molecule has 4 rings (SSSR count). The molecule has 6 heteroatoms. The van der Waals surface area contributed by atoms with Crippen molar-refractivity contribution in [2.45, 2.75) is 20.5 Å². The van der Waals surface area contributed by atoms with Crippen LogP contribution in [0.3, 0.4) is 0 Å². The number of carbonyl (C=O) groups is 1. The first-order chi connectivity index (χ1) is 14.9. The highest BCUT2D eigenvalue weighted by atomic mass is 35.5.